The minimum atomic E-state index is -4.41. The summed E-state index contributed by atoms with van der Waals surface area (Å²) in [5.74, 6) is 0.646. The van der Waals surface area contributed by atoms with E-state index in [1.165, 1.54) is 12.5 Å². The summed E-state index contributed by atoms with van der Waals surface area (Å²) in [4.78, 5) is 3.79. The Morgan fingerprint density at radius 2 is 2.11 bits per heavy atom. The molecule has 2 aromatic heterocycles. The second-order valence-electron chi connectivity index (χ2n) is 4.17. The van der Waals surface area contributed by atoms with Gasteiger partial charge in [0.15, 0.2) is 0 Å². The maximum atomic E-state index is 13.0. The highest BCUT2D eigenvalue weighted by molar-refractivity contribution is 5.36. The molecule has 0 aromatic carbocycles. The van der Waals surface area contributed by atoms with Crippen molar-refractivity contribution in [3.05, 3.63) is 53.2 Å². The number of nitrogens with zero attached hydrogens (tertiary/aromatic N) is 1. The summed E-state index contributed by atoms with van der Waals surface area (Å²) in [6, 6.07) is 2.07. The van der Waals surface area contributed by atoms with Gasteiger partial charge in [-0.15, -0.1) is 0 Å². The van der Waals surface area contributed by atoms with Gasteiger partial charge in [0.25, 0.3) is 0 Å². The zero-order valence-electron chi connectivity index (χ0n) is 10.5. The van der Waals surface area contributed by atoms with Gasteiger partial charge in [0, 0.05) is 23.5 Å². The summed E-state index contributed by atoms with van der Waals surface area (Å²) < 4.78 is 44.1. The summed E-state index contributed by atoms with van der Waals surface area (Å²) in [5.41, 5.74) is 0.0255. The van der Waals surface area contributed by atoms with Crippen molar-refractivity contribution in [3.63, 3.8) is 0 Å². The first-order valence-corrected chi connectivity index (χ1v) is 5.67. The molecule has 0 bridgehead atoms. The molecule has 102 valence electrons. The first-order chi connectivity index (χ1) is 8.93. The normalized spacial score (nSPS) is 13.5. The van der Waals surface area contributed by atoms with Crippen LogP contribution in [0.15, 0.2) is 35.2 Å². The summed E-state index contributed by atoms with van der Waals surface area (Å²) in [7, 11) is 1.60. The highest BCUT2D eigenvalue weighted by Gasteiger charge is 2.35. The van der Waals surface area contributed by atoms with E-state index in [0.717, 1.165) is 12.3 Å². The molecule has 0 spiro atoms. The molecule has 6 heteroatoms. The standard InChI is InChI=1S/C13H13F3N2O/c1-8-5-9(7-19-8)12(17-2)10-6-18-4-3-11(10)13(14,15)16/h3-7,12,17H,1-2H3. The number of alkyl halides is 3. The molecule has 19 heavy (non-hydrogen) atoms. The summed E-state index contributed by atoms with van der Waals surface area (Å²) in [6.07, 6.45) is -0.595. The molecule has 0 saturated carbocycles. The van der Waals surface area contributed by atoms with Crippen LogP contribution in [0, 0.1) is 6.92 Å². The van der Waals surface area contributed by atoms with Crippen molar-refractivity contribution in [1.29, 1.82) is 0 Å². The van der Waals surface area contributed by atoms with Crippen molar-refractivity contribution >= 4 is 0 Å². The predicted octanol–water partition coefficient (Wildman–Crippen LogP) is 3.31. The Hall–Kier alpha value is -1.82. The summed E-state index contributed by atoms with van der Waals surface area (Å²) in [6.45, 7) is 1.74. The lowest BCUT2D eigenvalue weighted by Crippen LogP contribution is -2.21. The molecule has 2 rings (SSSR count). The smallest absolute Gasteiger partial charge is 0.416 e. The predicted molar refractivity (Wildman–Crippen MR) is 63.6 cm³/mol. The van der Waals surface area contributed by atoms with Gasteiger partial charge < -0.3 is 9.73 Å². The molecule has 1 unspecified atom stereocenters. The lowest BCUT2D eigenvalue weighted by molar-refractivity contribution is -0.138. The van der Waals surface area contributed by atoms with Gasteiger partial charge in [0.1, 0.15) is 5.76 Å². The van der Waals surface area contributed by atoms with Gasteiger partial charge in [-0.25, -0.2) is 0 Å². The van der Waals surface area contributed by atoms with Crippen LogP contribution >= 0.6 is 0 Å². The molecule has 3 nitrogen and oxygen atoms in total. The van der Waals surface area contributed by atoms with E-state index in [4.69, 9.17) is 4.42 Å². The van der Waals surface area contributed by atoms with Crippen molar-refractivity contribution in [3.8, 4) is 0 Å². The Labute approximate surface area is 108 Å². The molecule has 0 aliphatic heterocycles. The molecule has 0 fully saturated rings. The number of pyridine rings is 1. The molecule has 0 aliphatic rings. The van der Waals surface area contributed by atoms with Crippen LogP contribution in [-0.4, -0.2) is 12.0 Å². The van der Waals surface area contributed by atoms with Crippen molar-refractivity contribution in [2.24, 2.45) is 0 Å². The van der Waals surface area contributed by atoms with E-state index >= 15 is 0 Å². The van der Waals surface area contributed by atoms with E-state index in [0.29, 0.717) is 11.3 Å². The van der Waals surface area contributed by atoms with E-state index in [2.05, 4.69) is 10.3 Å². The van der Waals surface area contributed by atoms with Crippen LogP contribution in [0.1, 0.15) is 28.5 Å². The fraction of sp³-hybridized carbons (Fsp3) is 0.308. The maximum absolute atomic E-state index is 13.0. The lowest BCUT2D eigenvalue weighted by atomic mass is 9.98. The van der Waals surface area contributed by atoms with E-state index in [-0.39, 0.29) is 5.56 Å². The van der Waals surface area contributed by atoms with Gasteiger partial charge in [-0.1, -0.05) is 0 Å². The van der Waals surface area contributed by atoms with E-state index in [9.17, 15) is 13.2 Å². The average Bonchev–Trinajstić information content (AvgIpc) is 2.76. The quantitative estimate of drug-likeness (QED) is 0.929. The number of furan rings is 1. The molecular formula is C13H13F3N2O. The molecule has 2 aromatic rings. The second kappa shape index (κ2) is 5.05. The highest BCUT2D eigenvalue weighted by atomic mass is 19.4. The summed E-state index contributed by atoms with van der Waals surface area (Å²) in [5, 5.41) is 2.86. The summed E-state index contributed by atoms with van der Waals surface area (Å²) >= 11 is 0. The topological polar surface area (TPSA) is 38.1 Å². The number of halogens is 3. The zero-order valence-corrected chi connectivity index (χ0v) is 10.5. The minimum absolute atomic E-state index is 0.0818. The second-order valence-corrected chi connectivity index (χ2v) is 4.17. The third-order valence-corrected chi connectivity index (χ3v) is 2.84. The number of hydrogen-bond donors (Lipinski definition) is 1. The van der Waals surface area contributed by atoms with Crippen LogP contribution in [0.5, 0.6) is 0 Å². The number of nitrogens with one attached hydrogen (secondary N) is 1. The minimum Gasteiger partial charge on any atom is -0.469 e. The van der Waals surface area contributed by atoms with E-state index < -0.39 is 17.8 Å². The van der Waals surface area contributed by atoms with Crippen molar-refractivity contribution < 1.29 is 17.6 Å². The van der Waals surface area contributed by atoms with Crippen LogP contribution in [0.25, 0.3) is 0 Å². The monoisotopic (exact) mass is 270 g/mol. The van der Waals surface area contributed by atoms with Gasteiger partial charge in [-0.05, 0) is 26.1 Å². The third kappa shape index (κ3) is 2.78. The number of rotatable bonds is 3. The lowest BCUT2D eigenvalue weighted by Gasteiger charge is -2.19. The number of aryl methyl sites for hydroxylation is 1. The molecule has 2 heterocycles. The third-order valence-electron chi connectivity index (χ3n) is 2.84. The Kier molecular flexibility index (Phi) is 3.61. The molecule has 0 amide bonds. The number of aromatic nitrogens is 1. The Morgan fingerprint density at radius 3 is 2.63 bits per heavy atom. The van der Waals surface area contributed by atoms with Crippen LogP contribution in [0.2, 0.25) is 0 Å². The van der Waals surface area contributed by atoms with Gasteiger partial charge in [0.2, 0.25) is 0 Å². The molecule has 0 radical (unpaired) electrons. The molecule has 1 N–H and O–H groups in total. The largest absolute Gasteiger partial charge is 0.469 e. The van der Waals surface area contributed by atoms with Crippen molar-refractivity contribution in [2.75, 3.05) is 7.05 Å². The van der Waals surface area contributed by atoms with Crippen LogP contribution < -0.4 is 5.32 Å². The van der Waals surface area contributed by atoms with E-state index in [1.54, 1.807) is 20.0 Å². The van der Waals surface area contributed by atoms with Crippen LogP contribution in [-0.2, 0) is 6.18 Å². The Balaban J connectivity index is 2.50. The Bertz CT molecular complexity index is 563. The van der Waals surface area contributed by atoms with Crippen molar-refractivity contribution in [1.82, 2.24) is 10.3 Å². The van der Waals surface area contributed by atoms with Gasteiger partial charge in [-0.2, -0.15) is 13.2 Å². The first-order valence-electron chi connectivity index (χ1n) is 5.67. The fourth-order valence-electron chi connectivity index (χ4n) is 2.01. The SMILES string of the molecule is CNC(c1coc(C)c1)c1cnccc1C(F)(F)F. The molecule has 0 aliphatic carbocycles. The van der Waals surface area contributed by atoms with Crippen molar-refractivity contribution in [2.45, 2.75) is 19.1 Å². The van der Waals surface area contributed by atoms with Gasteiger partial charge >= 0.3 is 6.18 Å². The van der Waals surface area contributed by atoms with Crippen LogP contribution in [0.4, 0.5) is 13.2 Å². The maximum Gasteiger partial charge on any atom is 0.416 e. The van der Waals surface area contributed by atoms with Crippen LogP contribution in [0.3, 0.4) is 0 Å². The Morgan fingerprint density at radius 1 is 1.37 bits per heavy atom. The molecular weight excluding hydrogens is 257 g/mol. The number of hydrogen-bond acceptors (Lipinski definition) is 3. The molecule has 1 atom stereocenters. The van der Waals surface area contributed by atoms with E-state index in [1.807, 2.05) is 0 Å². The fourth-order valence-corrected chi connectivity index (χ4v) is 2.01. The first kappa shape index (κ1) is 13.6. The zero-order chi connectivity index (χ0) is 14.0. The van der Waals surface area contributed by atoms with Gasteiger partial charge in [-0.3, -0.25) is 4.98 Å². The molecule has 0 saturated heterocycles. The van der Waals surface area contributed by atoms with Gasteiger partial charge in [0.05, 0.1) is 17.9 Å². The highest BCUT2D eigenvalue weighted by Crippen LogP contribution is 2.36. The average molecular weight is 270 g/mol.